The minimum Gasteiger partial charge on any atom is -0.299 e. The normalized spacial score (nSPS) is 29.5. The molecule has 0 bridgehead atoms. The number of rotatable bonds is 3. The van der Waals surface area contributed by atoms with Crippen molar-refractivity contribution in [2.45, 2.75) is 26.7 Å². The Morgan fingerprint density at radius 1 is 1.53 bits per heavy atom. The zero-order valence-corrected chi connectivity index (χ0v) is 9.77. The summed E-state index contributed by atoms with van der Waals surface area (Å²) in [6.07, 6.45) is 3.91. The van der Waals surface area contributed by atoms with Crippen LogP contribution in [-0.2, 0) is 11.8 Å². The van der Waals surface area contributed by atoms with Gasteiger partial charge in [0.2, 0.25) is 0 Å². The number of carbonyl (C=O) groups is 1. The third-order valence-corrected chi connectivity index (χ3v) is 3.39. The first-order chi connectivity index (χ1) is 7.02. The lowest BCUT2D eigenvalue weighted by molar-refractivity contribution is -0.123. The fraction of sp³-hybridized carbons (Fsp3) is 0.667. The number of ketones is 1. The molecule has 3 atom stereocenters. The highest BCUT2D eigenvalue weighted by molar-refractivity contribution is 5.87. The van der Waals surface area contributed by atoms with Crippen LogP contribution in [0.2, 0.25) is 0 Å². The Kier molecular flexibility index (Phi) is 2.41. The lowest BCUT2D eigenvalue weighted by atomic mass is 10.0. The average molecular weight is 206 g/mol. The second kappa shape index (κ2) is 3.47. The molecule has 3 unspecified atom stereocenters. The van der Waals surface area contributed by atoms with E-state index in [2.05, 4.69) is 12.0 Å². The molecule has 1 heterocycles. The highest BCUT2D eigenvalue weighted by Gasteiger charge is 2.52. The van der Waals surface area contributed by atoms with Gasteiger partial charge in [-0.05, 0) is 11.5 Å². The molecule has 0 aliphatic heterocycles. The standard InChI is InChI=1S/C12H18N2O/c1-7(2)12(15)11-8(3)10(11)9-5-13-14(4)6-9/h5-8,10-11H,1-4H3. The number of carbonyl (C=O) groups excluding carboxylic acids is 1. The number of hydrogen-bond acceptors (Lipinski definition) is 2. The Morgan fingerprint density at radius 3 is 2.67 bits per heavy atom. The Hall–Kier alpha value is -1.12. The molecule has 0 radical (unpaired) electrons. The van der Waals surface area contributed by atoms with Gasteiger partial charge in [0.05, 0.1) is 6.20 Å². The molecule has 3 heteroatoms. The number of nitrogens with zero attached hydrogens (tertiary/aromatic N) is 2. The summed E-state index contributed by atoms with van der Waals surface area (Å²) in [7, 11) is 1.91. The second-order valence-corrected chi connectivity index (χ2v) is 4.92. The van der Waals surface area contributed by atoms with E-state index in [1.165, 1.54) is 5.56 Å². The van der Waals surface area contributed by atoms with Crippen molar-refractivity contribution in [3.05, 3.63) is 18.0 Å². The van der Waals surface area contributed by atoms with E-state index in [9.17, 15) is 4.79 Å². The summed E-state index contributed by atoms with van der Waals surface area (Å²) in [5, 5.41) is 4.16. The molecule has 0 amide bonds. The summed E-state index contributed by atoms with van der Waals surface area (Å²) in [4.78, 5) is 11.9. The van der Waals surface area contributed by atoms with Gasteiger partial charge in [-0.15, -0.1) is 0 Å². The number of hydrogen-bond donors (Lipinski definition) is 0. The average Bonchev–Trinajstić information content (AvgIpc) is 2.62. The largest absolute Gasteiger partial charge is 0.299 e. The molecule has 0 saturated heterocycles. The van der Waals surface area contributed by atoms with Crippen LogP contribution in [0.3, 0.4) is 0 Å². The molecule has 15 heavy (non-hydrogen) atoms. The van der Waals surface area contributed by atoms with E-state index in [4.69, 9.17) is 0 Å². The zero-order valence-electron chi connectivity index (χ0n) is 9.77. The summed E-state index contributed by atoms with van der Waals surface area (Å²) in [5.41, 5.74) is 1.21. The van der Waals surface area contributed by atoms with Gasteiger partial charge in [0, 0.05) is 31.0 Å². The van der Waals surface area contributed by atoms with Crippen LogP contribution in [0, 0.1) is 17.8 Å². The fourth-order valence-corrected chi connectivity index (χ4v) is 2.41. The summed E-state index contributed by atoms with van der Waals surface area (Å²) >= 11 is 0. The van der Waals surface area contributed by atoms with Crippen LogP contribution in [0.15, 0.2) is 12.4 Å². The van der Waals surface area contributed by atoms with Crippen molar-refractivity contribution in [3.63, 3.8) is 0 Å². The number of Topliss-reactive ketones (excluding diaryl/α,β-unsaturated/α-hetero) is 1. The first-order valence-electron chi connectivity index (χ1n) is 5.54. The van der Waals surface area contributed by atoms with Gasteiger partial charge in [-0.25, -0.2) is 0 Å². The summed E-state index contributed by atoms with van der Waals surface area (Å²) in [5.74, 6) is 1.68. The maximum Gasteiger partial charge on any atom is 0.139 e. The van der Waals surface area contributed by atoms with Gasteiger partial charge in [0.25, 0.3) is 0 Å². The Labute approximate surface area is 90.5 Å². The Balaban J connectivity index is 2.12. The fourth-order valence-electron chi connectivity index (χ4n) is 2.41. The molecule has 1 aliphatic carbocycles. The van der Waals surface area contributed by atoms with Crippen LogP contribution in [0.4, 0.5) is 0 Å². The molecule has 1 fully saturated rings. The van der Waals surface area contributed by atoms with Crippen molar-refractivity contribution < 1.29 is 4.79 Å². The smallest absolute Gasteiger partial charge is 0.139 e. The van der Waals surface area contributed by atoms with Crippen molar-refractivity contribution in [2.24, 2.45) is 24.8 Å². The first kappa shape index (κ1) is 10.4. The molecule has 0 N–H and O–H groups in total. The van der Waals surface area contributed by atoms with E-state index in [1.54, 1.807) is 4.68 Å². The van der Waals surface area contributed by atoms with Crippen LogP contribution in [0.25, 0.3) is 0 Å². The van der Waals surface area contributed by atoms with Crippen LogP contribution >= 0.6 is 0 Å². The predicted molar refractivity (Wildman–Crippen MR) is 58.4 cm³/mol. The zero-order chi connectivity index (χ0) is 11.2. The van der Waals surface area contributed by atoms with Gasteiger partial charge in [-0.1, -0.05) is 20.8 Å². The highest BCUT2D eigenvalue weighted by atomic mass is 16.1. The predicted octanol–water partition coefficient (Wildman–Crippen LogP) is 1.99. The van der Waals surface area contributed by atoms with Gasteiger partial charge < -0.3 is 0 Å². The lowest BCUT2D eigenvalue weighted by Crippen LogP contribution is -2.10. The molecule has 1 aromatic rings. The maximum absolute atomic E-state index is 11.9. The van der Waals surface area contributed by atoms with Gasteiger partial charge in [0.15, 0.2) is 0 Å². The SMILES string of the molecule is CC(C)C(=O)C1C(C)C1c1cnn(C)c1. The van der Waals surface area contributed by atoms with Crippen LogP contribution in [0.5, 0.6) is 0 Å². The molecule has 3 nitrogen and oxygen atoms in total. The molecule has 1 aliphatic rings. The van der Waals surface area contributed by atoms with E-state index in [1.807, 2.05) is 33.3 Å². The van der Waals surface area contributed by atoms with Crippen LogP contribution in [-0.4, -0.2) is 15.6 Å². The molecule has 1 aromatic heterocycles. The van der Waals surface area contributed by atoms with Crippen LogP contribution < -0.4 is 0 Å². The van der Waals surface area contributed by atoms with E-state index in [-0.39, 0.29) is 11.8 Å². The van der Waals surface area contributed by atoms with Crippen molar-refractivity contribution >= 4 is 5.78 Å². The first-order valence-corrected chi connectivity index (χ1v) is 5.54. The Morgan fingerprint density at radius 2 is 2.20 bits per heavy atom. The maximum atomic E-state index is 11.9. The molecule has 1 saturated carbocycles. The minimum absolute atomic E-state index is 0.152. The number of aryl methyl sites for hydroxylation is 1. The topological polar surface area (TPSA) is 34.9 Å². The van der Waals surface area contributed by atoms with Crippen molar-refractivity contribution in [2.75, 3.05) is 0 Å². The third kappa shape index (κ3) is 1.71. The molecular formula is C12H18N2O. The lowest BCUT2D eigenvalue weighted by Gasteiger charge is -2.01. The highest BCUT2D eigenvalue weighted by Crippen LogP contribution is 2.54. The quantitative estimate of drug-likeness (QED) is 0.758. The summed E-state index contributed by atoms with van der Waals surface area (Å²) < 4.78 is 1.80. The molecule has 0 aromatic carbocycles. The monoisotopic (exact) mass is 206 g/mol. The minimum atomic E-state index is 0.152. The molecule has 2 rings (SSSR count). The van der Waals surface area contributed by atoms with Gasteiger partial charge in [-0.2, -0.15) is 5.10 Å². The third-order valence-electron chi connectivity index (χ3n) is 3.39. The number of aromatic nitrogens is 2. The molecule has 82 valence electrons. The van der Waals surface area contributed by atoms with Gasteiger partial charge in [0.1, 0.15) is 5.78 Å². The molecule has 0 spiro atoms. The van der Waals surface area contributed by atoms with Gasteiger partial charge >= 0.3 is 0 Å². The van der Waals surface area contributed by atoms with Crippen molar-refractivity contribution in [1.29, 1.82) is 0 Å². The van der Waals surface area contributed by atoms with Crippen LogP contribution in [0.1, 0.15) is 32.3 Å². The van der Waals surface area contributed by atoms with Crippen molar-refractivity contribution in [3.8, 4) is 0 Å². The van der Waals surface area contributed by atoms with Gasteiger partial charge in [-0.3, -0.25) is 9.48 Å². The molecular weight excluding hydrogens is 188 g/mol. The van der Waals surface area contributed by atoms with Crippen molar-refractivity contribution in [1.82, 2.24) is 9.78 Å². The Bertz CT molecular complexity index is 381. The van der Waals surface area contributed by atoms with E-state index < -0.39 is 0 Å². The summed E-state index contributed by atoms with van der Waals surface area (Å²) in [6, 6.07) is 0. The van der Waals surface area contributed by atoms with E-state index >= 15 is 0 Å². The van der Waals surface area contributed by atoms with E-state index in [0.717, 1.165) is 0 Å². The summed E-state index contributed by atoms with van der Waals surface area (Å²) in [6.45, 7) is 6.12. The second-order valence-electron chi connectivity index (χ2n) is 4.92. The van der Waals surface area contributed by atoms with E-state index in [0.29, 0.717) is 17.6 Å².